The Morgan fingerprint density at radius 1 is 1.05 bits per heavy atom. The van der Waals surface area contributed by atoms with Gasteiger partial charge in [0, 0.05) is 16.7 Å². The van der Waals surface area contributed by atoms with Crippen molar-refractivity contribution in [2.75, 3.05) is 7.11 Å². The van der Waals surface area contributed by atoms with Crippen LogP contribution in [0.15, 0.2) is 53.4 Å². The molecule has 0 aliphatic heterocycles. The van der Waals surface area contributed by atoms with Gasteiger partial charge in [-0.2, -0.15) is 0 Å². The summed E-state index contributed by atoms with van der Waals surface area (Å²) in [5.41, 5.74) is 0.332. The molecule has 7 heteroatoms. The minimum Gasteiger partial charge on any atom is -0.493 e. The molecule has 0 N–H and O–H groups in total. The van der Waals surface area contributed by atoms with Crippen LogP contribution in [0.1, 0.15) is 10.4 Å². The molecule has 0 heterocycles. The average molecular weight is 327 g/mol. The highest BCUT2D eigenvalue weighted by Gasteiger charge is 2.17. The number of halogens is 1. The minimum absolute atomic E-state index is 0.0203. The fourth-order valence-corrected chi connectivity index (χ4v) is 2.39. The van der Waals surface area contributed by atoms with Crippen molar-refractivity contribution in [3.63, 3.8) is 0 Å². The number of carbonyl (C=O) groups excluding carboxylic acids is 1. The van der Waals surface area contributed by atoms with Crippen LogP contribution in [0.3, 0.4) is 0 Å². The Bertz CT molecular complexity index is 756. The highest BCUT2D eigenvalue weighted by Crippen LogP contribution is 2.31. The molecule has 0 aliphatic rings. The van der Waals surface area contributed by atoms with Gasteiger partial charge in [-0.05, 0) is 24.3 Å². The molecule has 21 heavy (non-hydrogen) atoms. The van der Waals surface area contributed by atoms with Crippen LogP contribution in [-0.4, -0.2) is 21.5 Å². The first-order valence-electron chi connectivity index (χ1n) is 5.82. The summed E-state index contributed by atoms with van der Waals surface area (Å²) in [6, 6.07) is 12.1. The maximum Gasteiger partial charge on any atom is 0.343 e. The minimum atomic E-state index is -3.93. The van der Waals surface area contributed by atoms with Gasteiger partial charge in [0.25, 0.3) is 9.05 Å². The average Bonchev–Trinajstić information content (AvgIpc) is 2.47. The standard InChI is InChI=1S/C14H11ClO5S/c1-19-12-8-7-11(21(15,17)18)9-13(12)20-14(16)10-5-3-2-4-6-10/h2-9H,1H3. The molecule has 5 nitrogen and oxygen atoms in total. The summed E-state index contributed by atoms with van der Waals surface area (Å²) < 4.78 is 32.9. The molecular formula is C14H11ClO5S. The first-order chi connectivity index (χ1) is 9.91. The van der Waals surface area contributed by atoms with Crippen molar-refractivity contribution >= 4 is 25.7 Å². The van der Waals surface area contributed by atoms with Crippen molar-refractivity contribution in [3.05, 3.63) is 54.1 Å². The molecule has 0 saturated heterocycles. The molecule has 0 saturated carbocycles. The SMILES string of the molecule is COc1ccc(S(=O)(=O)Cl)cc1OC(=O)c1ccccc1. The molecule has 2 aromatic carbocycles. The lowest BCUT2D eigenvalue weighted by Gasteiger charge is -2.10. The summed E-state index contributed by atoms with van der Waals surface area (Å²) in [5, 5.41) is 0. The largest absolute Gasteiger partial charge is 0.493 e. The van der Waals surface area contributed by atoms with Gasteiger partial charge in [-0.1, -0.05) is 18.2 Å². The van der Waals surface area contributed by atoms with Crippen LogP contribution < -0.4 is 9.47 Å². The van der Waals surface area contributed by atoms with Gasteiger partial charge < -0.3 is 9.47 Å². The smallest absolute Gasteiger partial charge is 0.343 e. The Hall–Kier alpha value is -2.05. The van der Waals surface area contributed by atoms with E-state index in [1.807, 2.05) is 0 Å². The molecule has 0 fully saturated rings. The van der Waals surface area contributed by atoms with E-state index >= 15 is 0 Å². The van der Waals surface area contributed by atoms with E-state index in [9.17, 15) is 13.2 Å². The van der Waals surface area contributed by atoms with Crippen molar-refractivity contribution < 1.29 is 22.7 Å². The molecule has 0 aliphatic carbocycles. The van der Waals surface area contributed by atoms with Gasteiger partial charge in [-0.25, -0.2) is 13.2 Å². The maximum absolute atomic E-state index is 12.0. The number of hydrogen-bond acceptors (Lipinski definition) is 5. The van der Waals surface area contributed by atoms with E-state index in [1.54, 1.807) is 30.3 Å². The Kier molecular flexibility index (Phi) is 4.50. The Labute approximate surface area is 126 Å². The highest BCUT2D eigenvalue weighted by atomic mass is 35.7. The number of hydrogen-bond donors (Lipinski definition) is 0. The highest BCUT2D eigenvalue weighted by molar-refractivity contribution is 8.13. The van der Waals surface area contributed by atoms with Gasteiger partial charge in [0.05, 0.1) is 17.6 Å². The number of benzene rings is 2. The van der Waals surface area contributed by atoms with Gasteiger partial charge >= 0.3 is 5.97 Å². The Balaban J connectivity index is 2.36. The molecule has 0 unspecified atom stereocenters. The summed E-state index contributed by atoms with van der Waals surface area (Å²) >= 11 is 0. The van der Waals surface area contributed by atoms with Crippen LogP contribution in [0.4, 0.5) is 0 Å². The van der Waals surface area contributed by atoms with E-state index < -0.39 is 15.0 Å². The van der Waals surface area contributed by atoms with Gasteiger partial charge in [0.15, 0.2) is 11.5 Å². The van der Waals surface area contributed by atoms with Crippen molar-refractivity contribution in [2.24, 2.45) is 0 Å². The summed E-state index contributed by atoms with van der Waals surface area (Å²) in [6.07, 6.45) is 0. The van der Waals surface area contributed by atoms with Crippen molar-refractivity contribution in [1.82, 2.24) is 0 Å². The van der Waals surface area contributed by atoms with Gasteiger partial charge in [0.1, 0.15) is 0 Å². The van der Waals surface area contributed by atoms with E-state index in [-0.39, 0.29) is 16.4 Å². The van der Waals surface area contributed by atoms with Crippen LogP contribution >= 0.6 is 10.7 Å². The molecule has 0 spiro atoms. The number of ether oxygens (including phenoxy) is 2. The van der Waals surface area contributed by atoms with Crippen molar-refractivity contribution in [1.29, 1.82) is 0 Å². The molecule has 0 atom stereocenters. The van der Waals surface area contributed by atoms with E-state index in [0.29, 0.717) is 5.56 Å². The van der Waals surface area contributed by atoms with E-state index in [4.69, 9.17) is 20.2 Å². The van der Waals surface area contributed by atoms with Crippen LogP contribution in [-0.2, 0) is 9.05 Å². The fourth-order valence-electron chi connectivity index (χ4n) is 1.62. The quantitative estimate of drug-likeness (QED) is 0.491. The lowest BCUT2D eigenvalue weighted by atomic mass is 10.2. The van der Waals surface area contributed by atoms with Gasteiger partial charge in [-0.15, -0.1) is 0 Å². The van der Waals surface area contributed by atoms with Crippen LogP contribution in [0.5, 0.6) is 11.5 Å². The zero-order valence-electron chi connectivity index (χ0n) is 10.9. The lowest BCUT2D eigenvalue weighted by Crippen LogP contribution is -2.09. The third-order valence-electron chi connectivity index (χ3n) is 2.63. The van der Waals surface area contributed by atoms with Gasteiger partial charge in [-0.3, -0.25) is 0 Å². The summed E-state index contributed by atoms with van der Waals surface area (Å²) in [5.74, 6) is -0.422. The second kappa shape index (κ2) is 6.15. The predicted octanol–water partition coefficient (Wildman–Crippen LogP) is 2.84. The van der Waals surface area contributed by atoms with Crippen LogP contribution in [0, 0.1) is 0 Å². The second-order valence-corrected chi connectivity index (χ2v) is 6.57. The zero-order chi connectivity index (χ0) is 15.5. The van der Waals surface area contributed by atoms with E-state index in [2.05, 4.69) is 0 Å². The summed E-state index contributed by atoms with van der Waals surface area (Å²) in [7, 11) is 2.72. The first kappa shape index (κ1) is 15.3. The second-order valence-electron chi connectivity index (χ2n) is 4.01. The zero-order valence-corrected chi connectivity index (χ0v) is 12.5. The third-order valence-corrected chi connectivity index (χ3v) is 3.98. The molecule has 2 aromatic rings. The van der Waals surface area contributed by atoms with E-state index in [0.717, 1.165) is 6.07 Å². The fraction of sp³-hybridized carbons (Fsp3) is 0.0714. The maximum atomic E-state index is 12.0. The predicted molar refractivity (Wildman–Crippen MR) is 77.4 cm³/mol. The Morgan fingerprint density at radius 3 is 2.29 bits per heavy atom. The molecule has 2 rings (SSSR count). The van der Waals surface area contributed by atoms with Crippen molar-refractivity contribution in [3.8, 4) is 11.5 Å². The molecule has 110 valence electrons. The topological polar surface area (TPSA) is 69.7 Å². The Morgan fingerprint density at radius 2 is 1.71 bits per heavy atom. The van der Waals surface area contributed by atoms with Crippen molar-refractivity contribution in [2.45, 2.75) is 4.90 Å². The molecular weight excluding hydrogens is 316 g/mol. The monoisotopic (exact) mass is 326 g/mol. The number of methoxy groups -OCH3 is 1. The third kappa shape index (κ3) is 3.74. The summed E-state index contributed by atoms with van der Waals surface area (Å²) in [6.45, 7) is 0. The molecule has 0 radical (unpaired) electrons. The van der Waals surface area contributed by atoms with Crippen LogP contribution in [0.2, 0.25) is 0 Å². The summed E-state index contributed by atoms with van der Waals surface area (Å²) in [4.78, 5) is 11.8. The van der Waals surface area contributed by atoms with Gasteiger partial charge in [0.2, 0.25) is 0 Å². The number of carbonyl (C=O) groups is 1. The van der Waals surface area contributed by atoms with Crippen LogP contribution in [0.25, 0.3) is 0 Å². The number of rotatable bonds is 4. The number of esters is 1. The molecule has 0 aromatic heterocycles. The normalized spacial score (nSPS) is 11.0. The molecule has 0 bridgehead atoms. The first-order valence-corrected chi connectivity index (χ1v) is 8.12. The molecule has 0 amide bonds. The lowest BCUT2D eigenvalue weighted by molar-refractivity contribution is 0.0729. The van der Waals surface area contributed by atoms with E-state index in [1.165, 1.54) is 19.2 Å².